The molecule has 0 aromatic heterocycles. The third-order valence-corrected chi connectivity index (χ3v) is 7.81. The molecule has 3 rings (SSSR count). The third kappa shape index (κ3) is 7.54. The summed E-state index contributed by atoms with van der Waals surface area (Å²) in [5, 5.41) is 8.52. The number of hydrogen-bond acceptors (Lipinski definition) is 5. The van der Waals surface area contributed by atoms with Gasteiger partial charge in [0.2, 0.25) is 23.5 Å². The van der Waals surface area contributed by atoms with E-state index in [9.17, 15) is 24.0 Å². The van der Waals surface area contributed by atoms with Crippen LogP contribution in [0.1, 0.15) is 87.0 Å². The summed E-state index contributed by atoms with van der Waals surface area (Å²) < 4.78 is 0. The molecule has 37 heavy (non-hydrogen) atoms. The number of nitrogens with zero attached hydrogens (tertiary/aromatic N) is 1. The Morgan fingerprint density at radius 2 is 1.51 bits per heavy atom. The quantitative estimate of drug-likeness (QED) is 0.362. The van der Waals surface area contributed by atoms with Gasteiger partial charge in [-0.15, -0.1) is 0 Å². The Morgan fingerprint density at radius 3 is 2.00 bits per heavy atom. The molecular formula is C28H46N4O5. The van der Waals surface area contributed by atoms with Crippen LogP contribution >= 0.6 is 0 Å². The van der Waals surface area contributed by atoms with Gasteiger partial charge in [-0.1, -0.05) is 61.3 Å². The van der Waals surface area contributed by atoms with Crippen LogP contribution in [-0.2, 0) is 24.0 Å². The highest BCUT2D eigenvalue weighted by atomic mass is 16.2. The maximum atomic E-state index is 13.9. The molecule has 0 spiro atoms. The molecule has 3 aliphatic rings. The number of rotatable bonds is 11. The summed E-state index contributed by atoms with van der Waals surface area (Å²) in [6.07, 6.45) is 4.79. The van der Waals surface area contributed by atoms with Crippen molar-refractivity contribution >= 4 is 29.4 Å². The summed E-state index contributed by atoms with van der Waals surface area (Å²) >= 11 is 0. The second kappa shape index (κ2) is 11.5. The zero-order chi connectivity index (χ0) is 27.7. The fourth-order valence-electron chi connectivity index (χ4n) is 5.04. The number of carbonyl (C=O) groups is 5. The lowest BCUT2D eigenvalue weighted by Crippen LogP contribution is -2.60. The van der Waals surface area contributed by atoms with Gasteiger partial charge in [-0.2, -0.15) is 0 Å². The van der Waals surface area contributed by atoms with Crippen molar-refractivity contribution in [3.63, 3.8) is 0 Å². The number of nitrogens with one attached hydrogen (secondary N) is 3. The second-order valence-corrected chi connectivity index (χ2v) is 13.0. The molecule has 9 heteroatoms. The first-order valence-corrected chi connectivity index (χ1v) is 14.0. The van der Waals surface area contributed by atoms with Crippen molar-refractivity contribution in [1.29, 1.82) is 0 Å². The molecule has 9 nitrogen and oxygen atoms in total. The van der Waals surface area contributed by atoms with Gasteiger partial charge in [0.25, 0.3) is 5.91 Å². The normalized spacial score (nSPS) is 23.5. The predicted octanol–water partition coefficient (Wildman–Crippen LogP) is 2.18. The fraction of sp³-hybridized carbons (Fsp3) is 0.821. The van der Waals surface area contributed by atoms with Crippen LogP contribution in [0.15, 0.2) is 0 Å². The monoisotopic (exact) mass is 518 g/mol. The lowest BCUT2D eigenvalue weighted by atomic mass is 9.84. The summed E-state index contributed by atoms with van der Waals surface area (Å²) in [5.41, 5.74) is -0.566. The van der Waals surface area contributed by atoms with Crippen molar-refractivity contribution in [2.75, 3.05) is 6.54 Å². The number of amides is 4. The summed E-state index contributed by atoms with van der Waals surface area (Å²) in [6.45, 7) is 13.7. The van der Waals surface area contributed by atoms with Gasteiger partial charge < -0.3 is 20.9 Å². The van der Waals surface area contributed by atoms with Crippen LogP contribution in [0, 0.1) is 29.1 Å². The Labute approximate surface area is 221 Å². The molecule has 0 bridgehead atoms. The summed E-state index contributed by atoms with van der Waals surface area (Å²) in [4.78, 5) is 67.3. The second-order valence-electron chi connectivity index (χ2n) is 13.0. The van der Waals surface area contributed by atoms with Crippen molar-refractivity contribution in [2.45, 2.75) is 111 Å². The molecule has 2 aliphatic carbocycles. The van der Waals surface area contributed by atoms with E-state index in [2.05, 4.69) is 16.0 Å². The first kappa shape index (κ1) is 29.1. The van der Waals surface area contributed by atoms with E-state index in [4.69, 9.17) is 0 Å². The van der Waals surface area contributed by atoms with Gasteiger partial charge in [-0.25, -0.2) is 0 Å². The van der Waals surface area contributed by atoms with Gasteiger partial charge in [-0.3, -0.25) is 24.0 Å². The average molecular weight is 519 g/mol. The van der Waals surface area contributed by atoms with Crippen LogP contribution in [0.3, 0.4) is 0 Å². The number of ketones is 1. The highest BCUT2D eigenvalue weighted by molar-refractivity contribution is 6.38. The molecule has 4 atom stereocenters. The van der Waals surface area contributed by atoms with Crippen molar-refractivity contribution in [3.8, 4) is 0 Å². The largest absolute Gasteiger partial charge is 0.347 e. The zero-order valence-electron chi connectivity index (χ0n) is 23.6. The van der Waals surface area contributed by atoms with Crippen LogP contribution in [0.5, 0.6) is 0 Å². The molecule has 0 aromatic carbocycles. The number of hydrogen-bond donors (Lipinski definition) is 3. The molecule has 1 aliphatic heterocycles. The maximum absolute atomic E-state index is 13.9. The van der Waals surface area contributed by atoms with E-state index in [0.717, 1.165) is 25.7 Å². The molecule has 0 radical (unpaired) electrons. The van der Waals surface area contributed by atoms with Crippen molar-refractivity contribution < 1.29 is 24.0 Å². The summed E-state index contributed by atoms with van der Waals surface area (Å²) in [5.74, 6) is -2.09. The van der Waals surface area contributed by atoms with Gasteiger partial charge in [0.15, 0.2) is 0 Å². The minimum Gasteiger partial charge on any atom is -0.347 e. The van der Waals surface area contributed by atoms with Gasteiger partial charge in [0.05, 0.1) is 6.04 Å². The predicted molar refractivity (Wildman–Crippen MR) is 140 cm³/mol. The first-order chi connectivity index (χ1) is 17.2. The van der Waals surface area contributed by atoms with Crippen molar-refractivity contribution in [2.24, 2.45) is 29.1 Å². The Morgan fingerprint density at radius 1 is 0.892 bits per heavy atom. The maximum Gasteiger partial charge on any atom is 0.289 e. The SMILES string of the molecule is CC(C)C(=O)N[C@H](C(=O)N1CC[C@H](C(C)C)[C@H]1C(=O)NC(CC1CC1)C(=O)C(=O)NC1CC1)C(C)(C)C. The van der Waals surface area contributed by atoms with Crippen LogP contribution < -0.4 is 16.0 Å². The van der Waals surface area contributed by atoms with E-state index in [1.165, 1.54) is 0 Å². The molecule has 3 N–H and O–H groups in total. The van der Waals surface area contributed by atoms with Gasteiger partial charge in [0.1, 0.15) is 12.1 Å². The van der Waals surface area contributed by atoms with E-state index in [1.54, 1.807) is 18.7 Å². The number of Topliss-reactive ketones (excluding diaryl/α,β-unsaturated/α-hetero) is 1. The Hall–Kier alpha value is -2.45. The molecule has 0 aromatic rings. The summed E-state index contributed by atoms with van der Waals surface area (Å²) in [6, 6.07) is -2.41. The minimum absolute atomic E-state index is 0.0531. The van der Waals surface area contributed by atoms with Gasteiger partial charge >= 0.3 is 0 Å². The average Bonchev–Trinajstić information content (AvgIpc) is 3.73. The number of likely N-dealkylation sites (tertiary alicyclic amines) is 1. The Balaban J connectivity index is 1.82. The van der Waals surface area contributed by atoms with E-state index in [1.807, 2.05) is 34.6 Å². The molecular weight excluding hydrogens is 472 g/mol. The highest BCUT2D eigenvalue weighted by Crippen LogP contribution is 2.35. The molecule has 1 heterocycles. The van der Waals surface area contributed by atoms with E-state index in [-0.39, 0.29) is 35.6 Å². The van der Waals surface area contributed by atoms with Crippen LogP contribution in [0.25, 0.3) is 0 Å². The van der Waals surface area contributed by atoms with Gasteiger partial charge in [-0.05, 0) is 48.9 Å². The fourth-order valence-corrected chi connectivity index (χ4v) is 5.04. The molecule has 208 valence electrons. The molecule has 1 unspecified atom stereocenters. The van der Waals surface area contributed by atoms with Crippen LogP contribution in [0.2, 0.25) is 0 Å². The standard InChI is InChI=1S/C28H46N4O5/c1-15(2)19-12-13-32(27(37)23(28(5,6)7)31-24(34)16(3)4)21(19)25(35)30-20(14-17-8-9-17)22(33)26(36)29-18-10-11-18/h15-21,23H,8-14H2,1-7H3,(H,29,36)(H,30,35)(H,31,34)/t19-,20?,21+,23-/m1/s1. The topological polar surface area (TPSA) is 125 Å². The molecule has 1 saturated heterocycles. The van der Waals surface area contributed by atoms with Gasteiger partial charge in [0, 0.05) is 18.5 Å². The third-order valence-electron chi connectivity index (χ3n) is 7.81. The molecule has 3 fully saturated rings. The van der Waals surface area contributed by atoms with E-state index >= 15 is 0 Å². The van der Waals surface area contributed by atoms with E-state index < -0.39 is 41.1 Å². The summed E-state index contributed by atoms with van der Waals surface area (Å²) in [7, 11) is 0. The van der Waals surface area contributed by atoms with E-state index in [0.29, 0.717) is 25.3 Å². The minimum atomic E-state index is -0.900. The van der Waals surface area contributed by atoms with Crippen molar-refractivity contribution in [3.05, 3.63) is 0 Å². The first-order valence-electron chi connectivity index (χ1n) is 14.0. The highest BCUT2D eigenvalue weighted by Gasteiger charge is 2.48. The zero-order valence-corrected chi connectivity index (χ0v) is 23.6. The Kier molecular flexibility index (Phi) is 9.06. The molecule has 4 amide bonds. The number of carbonyl (C=O) groups excluding carboxylic acids is 5. The van der Waals surface area contributed by atoms with Crippen LogP contribution in [0.4, 0.5) is 0 Å². The van der Waals surface area contributed by atoms with Crippen LogP contribution in [-0.4, -0.2) is 65.0 Å². The smallest absolute Gasteiger partial charge is 0.289 e. The van der Waals surface area contributed by atoms with Crippen molar-refractivity contribution in [1.82, 2.24) is 20.9 Å². The molecule has 2 saturated carbocycles. The lowest BCUT2D eigenvalue weighted by Gasteiger charge is -2.37. The lowest BCUT2D eigenvalue weighted by molar-refractivity contribution is -0.146. The Bertz CT molecular complexity index is 901.